The van der Waals surface area contributed by atoms with E-state index >= 15 is 0 Å². The number of hydrogen-bond donors (Lipinski definition) is 2. The molecule has 0 bridgehead atoms. The molecule has 0 fully saturated rings. The normalized spacial score (nSPS) is 9.31. The monoisotopic (exact) mass is 196 g/mol. The SMILES string of the molecule is NNc1ccc2c[c-]ccc2c1.[K+]. The molecule has 0 unspecified atom stereocenters. The zero-order valence-corrected chi connectivity index (χ0v) is 10.7. The largest absolute Gasteiger partial charge is 1.00 e. The average Bonchev–Trinajstić information content (AvgIpc) is 2.17. The van der Waals surface area contributed by atoms with Gasteiger partial charge in [-0.05, 0) is 6.07 Å². The smallest absolute Gasteiger partial charge is 0.324 e. The maximum Gasteiger partial charge on any atom is 1.00 e. The average molecular weight is 196 g/mol. The second-order valence-electron chi connectivity index (χ2n) is 2.63. The van der Waals surface area contributed by atoms with E-state index in [-0.39, 0.29) is 51.4 Å². The van der Waals surface area contributed by atoms with Crippen molar-refractivity contribution in [3.8, 4) is 0 Å². The molecular formula is C10H9KN2. The Hall–Kier alpha value is 0.0964. The maximum absolute atomic E-state index is 5.28. The number of fused-ring (bicyclic) bond motifs is 1. The molecule has 2 rings (SSSR count). The molecule has 0 aliphatic heterocycles. The third kappa shape index (κ3) is 2.53. The fourth-order valence-corrected chi connectivity index (χ4v) is 1.22. The summed E-state index contributed by atoms with van der Waals surface area (Å²) in [6, 6.07) is 14.8. The summed E-state index contributed by atoms with van der Waals surface area (Å²) in [4.78, 5) is 0. The van der Waals surface area contributed by atoms with Crippen LogP contribution in [0.4, 0.5) is 5.69 Å². The Balaban J connectivity index is 0.000000845. The zero-order chi connectivity index (χ0) is 8.39. The Bertz CT molecular complexity index is 401. The first-order chi connectivity index (χ1) is 5.90. The molecule has 3 N–H and O–H groups in total. The van der Waals surface area contributed by atoms with E-state index in [2.05, 4.69) is 11.5 Å². The van der Waals surface area contributed by atoms with Gasteiger partial charge >= 0.3 is 51.4 Å². The number of anilines is 1. The van der Waals surface area contributed by atoms with Crippen molar-refractivity contribution in [2.45, 2.75) is 0 Å². The molecule has 0 saturated carbocycles. The number of hydrazine groups is 1. The summed E-state index contributed by atoms with van der Waals surface area (Å²) in [6.07, 6.45) is 0. The van der Waals surface area contributed by atoms with Crippen LogP contribution in [0.2, 0.25) is 0 Å². The van der Waals surface area contributed by atoms with Gasteiger partial charge in [-0.25, -0.2) is 0 Å². The molecule has 0 aromatic heterocycles. The van der Waals surface area contributed by atoms with Crippen molar-refractivity contribution < 1.29 is 51.4 Å². The van der Waals surface area contributed by atoms with Gasteiger partial charge in [0.15, 0.2) is 0 Å². The third-order valence-corrected chi connectivity index (χ3v) is 1.85. The minimum atomic E-state index is 0. The number of hydrogen-bond acceptors (Lipinski definition) is 2. The molecule has 0 amide bonds. The summed E-state index contributed by atoms with van der Waals surface area (Å²) >= 11 is 0. The zero-order valence-electron chi connectivity index (χ0n) is 7.54. The Kier molecular flexibility index (Phi) is 4.38. The van der Waals surface area contributed by atoms with Gasteiger partial charge < -0.3 is 5.43 Å². The molecular weight excluding hydrogens is 187 g/mol. The Morgan fingerprint density at radius 2 is 2.00 bits per heavy atom. The predicted molar refractivity (Wildman–Crippen MR) is 50.6 cm³/mol. The van der Waals surface area contributed by atoms with E-state index in [0.717, 1.165) is 5.69 Å². The van der Waals surface area contributed by atoms with E-state index in [1.54, 1.807) is 0 Å². The Morgan fingerprint density at radius 3 is 2.77 bits per heavy atom. The van der Waals surface area contributed by atoms with Crippen molar-refractivity contribution in [1.82, 2.24) is 0 Å². The van der Waals surface area contributed by atoms with E-state index < -0.39 is 0 Å². The minimum Gasteiger partial charge on any atom is -0.324 e. The topological polar surface area (TPSA) is 38.0 Å². The summed E-state index contributed by atoms with van der Waals surface area (Å²) in [7, 11) is 0. The number of nitrogens with one attached hydrogen (secondary N) is 1. The van der Waals surface area contributed by atoms with Crippen molar-refractivity contribution in [2.24, 2.45) is 5.84 Å². The Morgan fingerprint density at radius 1 is 1.15 bits per heavy atom. The standard InChI is InChI=1S/C10H9N2.K/c11-12-10-6-5-8-3-1-2-4-9(8)7-10;/h2-7,12H,11H2;/q-1;+1. The van der Waals surface area contributed by atoms with Crippen LogP contribution in [-0.4, -0.2) is 0 Å². The van der Waals surface area contributed by atoms with Crippen molar-refractivity contribution in [3.05, 3.63) is 42.5 Å². The van der Waals surface area contributed by atoms with Gasteiger partial charge in [0, 0.05) is 5.69 Å². The molecule has 0 atom stereocenters. The minimum absolute atomic E-state index is 0. The van der Waals surface area contributed by atoms with Gasteiger partial charge in [-0.2, -0.15) is 24.3 Å². The maximum atomic E-state index is 5.28. The summed E-state index contributed by atoms with van der Waals surface area (Å²) in [5.74, 6) is 5.28. The van der Waals surface area contributed by atoms with Gasteiger partial charge in [0.25, 0.3) is 0 Å². The number of rotatable bonds is 1. The molecule has 0 aliphatic carbocycles. The van der Waals surface area contributed by atoms with Gasteiger partial charge in [0.1, 0.15) is 0 Å². The molecule has 0 radical (unpaired) electrons. The molecule has 3 heteroatoms. The van der Waals surface area contributed by atoms with Gasteiger partial charge in [0.2, 0.25) is 0 Å². The summed E-state index contributed by atoms with van der Waals surface area (Å²) < 4.78 is 0. The molecule has 0 spiro atoms. The predicted octanol–water partition coefficient (Wildman–Crippen LogP) is -1.07. The molecule has 0 heterocycles. The second-order valence-corrected chi connectivity index (χ2v) is 2.63. The Labute approximate surface area is 120 Å². The first-order valence-corrected chi connectivity index (χ1v) is 3.76. The van der Waals surface area contributed by atoms with Crippen LogP contribution in [-0.2, 0) is 0 Å². The number of benzene rings is 2. The van der Waals surface area contributed by atoms with Gasteiger partial charge in [0.05, 0.1) is 0 Å². The molecule has 0 aliphatic rings. The summed E-state index contributed by atoms with van der Waals surface area (Å²) in [6.45, 7) is 0. The fraction of sp³-hybridized carbons (Fsp3) is 0. The van der Waals surface area contributed by atoms with E-state index in [9.17, 15) is 0 Å². The quantitative estimate of drug-likeness (QED) is 0.264. The van der Waals surface area contributed by atoms with Crippen LogP contribution in [0.25, 0.3) is 10.8 Å². The van der Waals surface area contributed by atoms with E-state index in [1.807, 2.05) is 36.4 Å². The second kappa shape index (κ2) is 5.10. The van der Waals surface area contributed by atoms with Crippen LogP contribution < -0.4 is 62.7 Å². The van der Waals surface area contributed by atoms with Crippen LogP contribution in [0.3, 0.4) is 0 Å². The summed E-state index contributed by atoms with van der Waals surface area (Å²) in [5, 5.41) is 2.35. The van der Waals surface area contributed by atoms with Crippen molar-refractivity contribution in [1.29, 1.82) is 0 Å². The summed E-state index contributed by atoms with van der Waals surface area (Å²) in [5.41, 5.74) is 3.53. The number of nitrogens with two attached hydrogens (primary N) is 1. The third-order valence-electron chi connectivity index (χ3n) is 1.85. The van der Waals surface area contributed by atoms with E-state index in [0.29, 0.717) is 0 Å². The van der Waals surface area contributed by atoms with Crippen LogP contribution in [0, 0.1) is 6.07 Å². The first kappa shape index (κ1) is 11.2. The van der Waals surface area contributed by atoms with E-state index in [4.69, 9.17) is 5.84 Å². The van der Waals surface area contributed by atoms with E-state index in [1.165, 1.54) is 10.8 Å². The molecule has 2 nitrogen and oxygen atoms in total. The van der Waals surface area contributed by atoms with Gasteiger partial charge in [-0.15, -0.1) is 16.8 Å². The molecule has 2 aromatic carbocycles. The fourth-order valence-electron chi connectivity index (χ4n) is 1.22. The molecule has 13 heavy (non-hydrogen) atoms. The van der Waals surface area contributed by atoms with Crippen molar-refractivity contribution in [3.63, 3.8) is 0 Å². The number of nitrogen functional groups attached to an aromatic ring is 1. The van der Waals surface area contributed by atoms with Crippen LogP contribution in [0.5, 0.6) is 0 Å². The van der Waals surface area contributed by atoms with Gasteiger partial charge in [-0.1, -0.05) is 6.07 Å². The molecule has 0 saturated heterocycles. The molecule has 60 valence electrons. The van der Waals surface area contributed by atoms with Crippen molar-refractivity contribution >= 4 is 16.5 Å². The van der Waals surface area contributed by atoms with Crippen LogP contribution in [0.1, 0.15) is 0 Å². The van der Waals surface area contributed by atoms with Gasteiger partial charge in [-0.3, -0.25) is 5.84 Å². The first-order valence-electron chi connectivity index (χ1n) is 3.76. The van der Waals surface area contributed by atoms with Crippen LogP contribution in [0.15, 0.2) is 36.4 Å². The van der Waals surface area contributed by atoms with Crippen LogP contribution >= 0.6 is 0 Å². The molecule has 2 aromatic rings. The van der Waals surface area contributed by atoms with Crippen molar-refractivity contribution in [2.75, 3.05) is 5.43 Å².